The van der Waals surface area contributed by atoms with Gasteiger partial charge in [0.1, 0.15) is 12.0 Å². The lowest BCUT2D eigenvalue weighted by molar-refractivity contribution is 0.0730. The predicted octanol–water partition coefficient (Wildman–Crippen LogP) is 2.87. The summed E-state index contributed by atoms with van der Waals surface area (Å²) in [6.07, 6.45) is 5.11. The molecule has 0 radical (unpaired) electrons. The number of hydrogen-bond acceptors (Lipinski definition) is 6. The van der Waals surface area contributed by atoms with Crippen LogP contribution < -0.4 is 5.32 Å². The third kappa shape index (κ3) is 4.82. The van der Waals surface area contributed by atoms with Crippen LogP contribution in [-0.4, -0.2) is 60.7 Å². The topological polar surface area (TPSA) is 93.5 Å². The fourth-order valence-corrected chi connectivity index (χ4v) is 5.07. The molecule has 1 N–H and O–H groups in total. The number of nitrogens with zero attached hydrogens (tertiary/aromatic N) is 3. The van der Waals surface area contributed by atoms with Gasteiger partial charge in [-0.15, -0.1) is 11.8 Å². The fraction of sp³-hybridized carbons (Fsp3) is 0.238. The zero-order valence-corrected chi connectivity index (χ0v) is 18.5. The summed E-state index contributed by atoms with van der Waals surface area (Å²) in [7, 11) is -3.55. The van der Waals surface area contributed by atoms with E-state index in [9.17, 15) is 13.2 Å². The molecule has 1 saturated heterocycles. The predicted molar refractivity (Wildman–Crippen MR) is 119 cm³/mol. The van der Waals surface area contributed by atoms with Crippen molar-refractivity contribution in [3.05, 3.63) is 66.7 Å². The van der Waals surface area contributed by atoms with Gasteiger partial charge < -0.3 is 14.6 Å². The lowest BCUT2D eigenvalue weighted by Crippen LogP contribution is -2.40. The smallest absolute Gasteiger partial charge is 0.275 e. The van der Waals surface area contributed by atoms with Gasteiger partial charge in [-0.25, -0.2) is 13.4 Å². The molecule has 10 heteroatoms. The third-order valence-electron chi connectivity index (χ3n) is 4.89. The van der Waals surface area contributed by atoms with Crippen molar-refractivity contribution in [3.8, 4) is 5.69 Å². The summed E-state index contributed by atoms with van der Waals surface area (Å²) in [5.41, 5.74) is 1.67. The van der Waals surface area contributed by atoms with E-state index in [-0.39, 0.29) is 16.5 Å². The molecule has 0 atom stereocenters. The number of rotatable bonds is 6. The molecule has 0 bridgehead atoms. The molecule has 0 saturated carbocycles. The number of thioether (sulfide) groups is 1. The van der Waals surface area contributed by atoms with Crippen molar-refractivity contribution in [1.82, 2.24) is 13.9 Å². The normalized spacial score (nSPS) is 15.0. The largest absolute Gasteiger partial charge is 0.379 e. The first-order valence-corrected chi connectivity index (χ1v) is 12.3. The number of carbonyl (C=O) groups is 1. The zero-order chi connectivity index (χ0) is 21.8. The van der Waals surface area contributed by atoms with Crippen LogP contribution in [0.25, 0.3) is 5.69 Å². The number of aromatic nitrogens is 2. The van der Waals surface area contributed by atoms with Crippen LogP contribution in [0.4, 0.5) is 5.69 Å². The van der Waals surface area contributed by atoms with Crippen molar-refractivity contribution in [2.45, 2.75) is 9.79 Å². The van der Waals surface area contributed by atoms with Gasteiger partial charge >= 0.3 is 0 Å². The molecule has 4 rings (SSSR count). The Kier molecular flexibility index (Phi) is 6.42. The van der Waals surface area contributed by atoms with Gasteiger partial charge in [0.25, 0.3) is 5.91 Å². The van der Waals surface area contributed by atoms with Crippen LogP contribution in [0.5, 0.6) is 0 Å². The van der Waals surface area contributed by atoms with Crippen molar-refractivity contribution >= 4 is 33.4 Å². The monoisotopic (exact) mass is 458 g/mol. The number of morpholine rings is 1. The molecule has 1 aliphatic heterocycles. The van der Waals surface area contributed by atoms with Crippen LogP contribution in [0.1, 0.15) is 10.5 Å². The minimum Gasteiger partial charge on any atom is -0.379 e. The van der Waals surface area contributed by atoms with Gasteiger partial charge in [0.15, 0.2) is 0 Å². The number of anilines is 1. The highest BCUT2D eigenvalue weighted by Crippen LogP contribution is 2.21. The van der Waals surface area contributed by atoms with Gasteiger partial charge in [0, 0.05) is 35.6 Å². The molecular weight excluding hydrogens is 436 g/mol. The number of amides is 1. The van der Waals surface area contributed by atoms with Crippen LogP contribution >= 0.6 is 11.8 Å². The zero-order valence-electron chi connectivity index (χ0n) is 16.9. The summed E-state index contributed by atoms with van der Waals surface area (Å²) in [6.45, 7) is 1.51. The van der Waals surface area contributed by atoms with E-state index in [2.05, 4.69) is 10.3 Å². The summed E-state index contributed by atoms with van der Waals surface area (Å²) in [4.78, 5) is 18.0. The lowest BCUT2D eigenvalue weighted by atomic mass is 10.3. The molecule has 0 aliphatic carbocycles. The average molecular weight is 459 g/mol. The Morgan fingerprint density at radius 2 is 1.87 bits per heavy atom. The Bertz CT molecular complexity index is 1170. The third-order valence-corrected chi connectivity index (χ3v) is 7.52. The van der Waals surface area contributed by atoms with Crippen molar-refractivity contribution in [2.75, 3.05) is 37.9 Å². The Labute approximate surface area is 185 Å². The lowest BCUT2D eigenvalue weighted by Gasteiger charge is -2.26. The summed E-state index contributed by atoms with van der Waals surface area (Å²) >= 11 is 1.60. The number of ether oxygens (including phenoxy) is 1. The number of sulfonamides is 1. The van der Waals surface area contributed by atoms with Crippen LogP contribution in [0.15, 0.2) is 70.8 Å². The van der Waals surface area contributed by atoms with Crippen molar-refractivity contribution in [3.63, 3.8) is 0 Å². The van der Waals surface area contributed by atoms with Gasteiger partial charge in [0.05, 0.1) is 18.1 Å². The van der Waals surface area contributed by atoms with Gasteiger partial charge in [-0.2, -0.15) is 4.31 Å². The fourth-order valence-electron chi connectivity index (χ4n) is 3.20. The molecule has 3 aromatic rings. The van der Waals surface area contributed by atoms with Crippen molar-refractivity contribution in [1.29, 1.82) is 0 Å². The summed E-state index contributed by atoms with van der Waals surface area (Å²) < 4.78 is 33.8. The Balaban J connectivity index is 1.48. The molecule has 1 aliphatic rings. The maximum atomic E-state index is 12.7. The second-order valence-corrected chi connectivity index (χ2v) is 9.68. The van der Waals surface area contributed by atoms with Crippen LogP contribution in [0, 0.1) is 0 Å². The highest BCUT2D eigenvalue weighted by atomic mass is 32.2. The van der Waals surface area contributed by atoms with E-state index in [0.717, 1.165) is 4.90 Å². The highest BCUT2D eigenvalue weighted by Gasteiger charge is 2.26. The quantitative estimate of drug-likeness (QED) is 0.571. The number of hydrogen-bond donors (Lipinski definition) is 1. The molecular formula is C21H22N4O4S2. The average Bonchev–Trinajstić information content (AvgIpc) is 3.30. The van der Waals surface area contributed by atoms with Gasteiger partial charge in [-0.1, -0.05) is 6.07 Å². The SMILES string of the molecule is CSc1cccc(NC(=O)c2cn(-c3ccc(S(=O)(=O)N4CCOCC4)cc3)cn2)c1. The van der Waals surface area contributed by atoms with Gasteiger partial charge in [-0.3, -0.25) is 4.79 Å². The molecule has 162 valence electrons. The van der Waals surface area contributed by atoms with E-state index >= 15 is 0 Å². The molecule has 0 unspecified atom stereocenters. The molecule has 1 aromatic heterocycles. The second kappa shape index (κ2) is 9.23. The minimum absolute atomic E-state index is 0.227. The van der Waals surface area contributed by atoms with Crippen LogP contribution in [0.2, 0.25) is 0 Å². The summed E-state index contributed by atoms with van der Waals surface area (Å²) in [5, 5.41) is 2.84. The van der Waals surface area contributed by atoms with Crippen molar-refractivity contribution < 1.29 is 17.9 Å². The first-order valence-electron chi connectivity index (χ1n) is 9.65. The maximum absolute atomic E-state index is 12.7. The van der Waals surface area contributed by atoms with Crippen LogP contribution in [0.3, 0.4) is 0 Å². The van der Waals surface area contributed by atoms with Gasteiger partial charge in [-0.05, 0) is 48.7 Å². The molecule has 31 heavy (non-hydrogen) atoms. The van der Waals surface area contributed by atoms with E-state index in [4.69, 9.17) is 4.74 Å². The minimum atomic E-state index is -3.55. The van der Waals surface area contributed by atoms with Crippen molar-refractivity contribution in [2.24, 2.45) is 0 Å². The maximum Gasteiger partial charge on any atom is 0.275 e. The molecule has 1 fully saturated rings. The van der Waals surface area contributed by atoms with E-state index in [1.807, 2.05) is 30.5 Å². The number of carbonyl (C=O) groups excluding carboxylic acids is 1. The standard InChI is InChI=1S/C21H22N4O4S2/c1-30-18-4-2-3-16(13-18)23-21(26)20-14-24(15-22-20)17-5-7-19(8-6-17)31(27,28)25-9-11-29-12-10-25/h2-8,13-15H,9-12H2,1H3,(H,23,26). The first kappa shape index (κ1) is 21.6. The van der Waals surface area contributed by atoms with E-state index < -0.39 is 10.0 Å². The molecule has 2 heterocycles. The van der Waals surface area contributed by atoms with Crippen LogP contribution in [-0.2, 0) is 14.8 Å². The summed E-state index contributed by atoms with van der Waals surface area (Å²) in [5.74, 6) is -0.316. The van der Waals surface area contributed by atoms with E-state index in [0.29, 0.717) is 37.7 Å². The van der Waals surface area contributed by atoms with E-state index in [1.54, 1.807) is 46.8 Å². The van der Waals surface area contributed by atoms with E-state index in [1.165, 1.54) is 10.6 Å². The summed E-state index contributed by atoms with van der Waals surface area (Å²) in [6, 6.07) is 14.1. The number of imidazole rings is 1. The Morgan fingerprint density at radius 3 is 2.58 bits per heavy atom. The Hall–Kier alpha value is -2.66. The molecule has 8 nitrogen and oxygen atoms in total. The highest BCUT2D eigenvalue weighted by molar-refractivity contribution is 7.98. The Morgan fingerprint density at radius 1 is 1.13 bits per heavy atom. The second-order valence-electron chi connectivity index (χ2n) is 6.86. The first-order chi connectivity index (χ1) is 15.0. The molecule has 1 amide bonds. The number of nitrogens with one attached hydrogen (secondary N) is 1. The molecule has 2 aromatic carbocycles. The number of benzene rings is 2. The van der Waals surface area contributed by atoms with Gasteiger partial charge in [0.2, 0.25) is 10.0 Å². The molecule has 0 spiro atoms.